The minimum absolute atomic E-state index is 0.112. The highest BCUT2D eigenvalue weighted by atomic mass is 19.4. The van der Waals surface area contributed by atoms with Gasteiger partial charge in [0.1, 0.15) is 6.04 Å². The van der Waals surface area contributed by atoms with Crippen LogP contribution >= 0.6 is 0 Å². The topological polar surface area (TPSA) is 64.6 Å². The zero-order valence-electron chi connectivity index (χ0n) is 10.2. The zero-order valence-corrected chi connectivity index (χ0v) is 10.2. The van der Waals surface area contributed by atoms with Crippen LogP contribution < -0.4 is 5.32 Å². The number of amides is 1. The second-order valence-electron chi connectivity index (χ2n) is 4.09. The number of hydrogen-bond acceptors (Lipinski definition) is 4. The fourth-order valence-electron chi connectivity index (χ4n) is 1.89. The van der Waals surface area contributed by atoms with E-state index in [1.807, 2.05) is 0 Å². The summed E-state index contributed by atoms with van der Waals surface area (Å²) in [5.74, 6) is -0.842. The molecule has 0 spiro atoms. The summed E-state index contributed by atoms with van der Waals surface area (Å²) in [6.07, 6.45) is -6.71. The van der Waals surface area contributed by atoms with Crippen molar-refractivity contribution < 1.29 is 32.2 Å². The van der Waals surface area contributed by atoms with Crippen molar-refractivity contribution >= 4 is 12.1 Å². The summed E-state index contributed by atoms with van der Waals surface area (Å²) in [4.78, 5) is 22.6. The first kappa shape index (κ1) is 14.2. The van der Waals surface area contributed by atoms with E-state index >= 15 is 0 Å². The standard InChI is InChI=1S/C12H10F3NO4/c1-19-10(17)9-8(16-11(18)20-9)6-3-2-4-7(5-6)12(13,14)15/h2-5,8-9H,1H3,(H,16,18)/t8-,9+/m0/s1. The number of cyclic esters (lactones) is 1. The molecule has 1 fully saturated rings. The first-order valence-corrected chi connectivity index (χ1v) is 5.55. The van der Waals surface area contributed by atoms with Gasteiger partial charge in [0.05, 0.1) is 12.7 Å². The van der Waals surface area contributed by atoms with Gasteiger partial charge >= 0.3 is 18.2 Å². The molecule has 0 unspecified atom stereocenters. The van der Waals surface area contributed by atoms with Gasteiger partial charge in [0, 0.05) is 0 Å². The third-order valence-electron chi connectivity index (χ3n) is 2.82. The fourth-order valence-corrected chi connectivity index (χ4v) is 1.89. The van der Waals surface area contributed by atoms with Gasteiger partial charge < -0.3 is 14.8 Å². The minimum atomic E-state index is -4.51. The number of alkyl carbamates (subject to hydrolysis) is 1. The molecule has 0 aliphatic carbocycles. The van der Waals surface area contributed by atoms with Crippen LogP contribution in [0, 0.1) is 0 Å². The van der Waals surface area contributed by atoms with E-state index in [-0.39, 0.29) is 5.56 Å². The number of benzene rings is 1. The van der Waals surface area contributed by atoms with E-state index in [1.54, 1.807) is 0 Å². The van der Waals surface area contributed by atoms with E-state index < -0.39 is 35.9 Å². The zero-order chi connectivity index (χ0) is 14.9. The van der Waals surface area contributed by atoms with Crippen LogP contribution in [-0.4, -0.2) is 25.3 Å². The van der Waals surface area contributed by atoms with Crippen LogP contribution in [0.4, 0.5) is 18.0 Å². The Hall–Kier alpha value is -2.25. The van der Waals surface area contributed by atoms with Gasteiger partial charge in [0.25, 0.3) is 0 Å². The highest BCUT2D eigenvalue weighted by Crippen LogP contribution is 2.33. The Morgan fingerprint density at radius 2 is 2.10 bits per heavy atom. The van der Waals surface area contributed by atoms with Crippen molar-refractivity contribution in [3.8, 4) is 0 Å². The molecule has 1 aliphatic heterocycles. The molecule has 1 saturated heterocycles. The predicted octanol–water partition coefficient (Wildman–Crippen LogP) is 2.03. The van der Waals surface area contributed by atoms with Gasteiger partial charge in [0.2, 0.25) is 6.10 Å². The molecule has 1 amide bonds. The van der Waals surface area contributed by atoms with Crippen LogP contribution in [0.3, 0.4) is 0 Å². The number of carbonyl (C=O) groups excluding carboxylic acids is 2. The van der Waals surface area contributed by atoms with Crippen molar-refractivity contribution in [2.45, 2.75) is 18.3 Å². The van der Waals surface area contributed by atoms with Crippen LogP contribution in [-0.2, 0) is 20.4 Å². The molecule has 0 radical (unpaired) electrons. The van der Waals surface area contributed by atoms with Crippen LogP contribution in [0.5, 0.6) is 0 Å². The number of halogens is 3. The molecule has 2 rings (SSSR count). The molecule has 108 valence electrons. The lowest BCUT2D eigenvalue weighted by atomic mass is 10.00. The highest BCUT2D eigenvalue weighted by Gasteiger charge is 2.42. The average Bonchev–Trinajstić information content (AvgIpc) is 2.79. The monoisotopic (exact) mass is 289 g/mol. The smallest absolute Gasteiger partial charge is 0.416 e. The Labute approximate surface area is 111 Å². The Morgan fingerprint density at radius 1 is 1.40 bits per heavy atom. The molecule has 1 N–H and O–H groups in total. The summed E-state index contributed by atoms with van der Waals surface area (Å²) < 4.78 is 47.1. The molecule has 0 aromatic heterocycles. The van der Waals surface area contributed by atoms with Gasteiger partial charge in [-0.05, 0) is 17.7 Å². The molecular formula is C12H10F3NO4. The van der Waals surface area contributed by atoms with Crippen molar-refractivity contribution in [2.75, 3.05) is 7.11 Å². The van der Waals surface area contributed by atoms with Crippen LogP contribution in [0.15, 0.2) is 24.3 Å². The number of rotatable bonds is 2. The van der Waals surface area contributed by atoms with E-state index in [0.29, 0.717) is 0 Å². The third kappa shape index (κ3) is 2.68. The third-order valence-corrected chi connectivity index (χ3v) is 2.82. The van der Waals surface area contributed by atoms with Crippen molar-refractivity contribution in [1.29, 1.82) is 0 Å². The molecule has 5 nitrogen and oxygen atoms in total. The number of carbonyl (C=O) groups is 2. The maximum atomic E-state index is 12.6. The Bertz CT molecular complexity index is 544. The summed E-state index contributed by atoms with van der Waals surface area (Å²) in [7, 11) is 1.09. The van der Waals surface area contributed by atoms with Gasteiger partial charge in [-0.3, -0.25) is 0 Å². The average molecular weight is 289 g/mol. The number of ether oxygens (including phenoxy) is 2. The van der Waals surface area contributed by atoms with Gasteiger partial charge in [-0.15, -0.1) is 0 Å². The summed E-state index contributed by atoms with van der Waals surface area (Å²) >= 11 is 0. The van der Waals surface area contributed by atoms with E-state index in [2.05, 4.69) is 10.1 Å². The second kappa shape index (κ2) is 5.03. The summed E-state index contributed by atoms with van der Waals surface area (Å²) in [6.45, 7) is 0. The first-order chi connectivity index (χ1) is 9.32. The molecule has 1 aliphatic rings. The lowest BCUT2D eigenvalue weighted by Crippen LogP contribution is -2.30. The van der Waals surface area contributed by atoms with Crippen LogP contribution in [0.1, 0.15) is 17.2 Å². The van der Waals surface area contributed by atoms with E-state index in [4.69, 9.17) is 4.74 Å². The number of esters is 1. The lowest BCUT2D eigenvalue weighted by Gasteiger charge is -2.16. The normalized spacial score (nSPS) is 22.1. The summed E-state index contributed by atoms with van der Waals surface area (Å²) in [6, 6.07) is 3.29. The molecule has 20 heavy (non-hydrogen) atoms. The second-order valence-corrected chi connectivity index (χ2v) is 4.09. The van der Waals surface area contributed by atoms with E-state index in [9.17, 15) is 22.8 Å². The van der Waals surface area contributed by atoms with Gasteiger partial charge in [0.15, 0.2) is 0 Å². The Morgan fingerprint density at radius 3 is 2.70 bits per heavy atom. The molecule has 1 heterocycles. The number of hydrogen-bond donors (Lipinski definition) is 1. The lowest BCUT2D eigenvalue weighted by molar-refractivity contribution is -0.149. The molecule has 8 heteroatoms. The number of nitrogens with one attached hydrogen (secondary N) is 1. The van der Waals surface area contributed by atoms with Gasteiger partial charge in [-0.25, -0.2) is 9.59 Å². The minimum Gasteiger partial charge on any atom is -0.466 e. The van der Waals surface area contributed by atoms with Crippen LogP contribution in [0.2, 0.25) is 0 Å². The fraction of sp³-hybridized carbons (Fsp3) is 0.333. The molecule has 0 saturated carbocycles. The highest BCUT2D eigenvalue weighted by molar-refractivity contribution is 5.83. The van der Waals surface area contributed by atoms with E-state index in [0.717, 1.165) is 19.2 Å². The number of methoxy groups -OCH3 is 1. The molecule has 0 bridgehead atoms. The Balaban J connectivity index is 2.34. The van der Waals surface area contributed by atoms with Crippen molar-refractivity contribution in [1.82, 2.24) is 5.32 Å². The van der Waals surface area contributed by atoms with Crippen molar-refractivity contribution in [3.05, 3.63) is 35.4 Å². The molecular weight excluding hydrogens is 279 g/mol. The quantitative estimate of drug-likeness (QED) is 0.846. The summed E-state index contributed by atoms with van der Waals surface area (Å²) in [5, 5.41) is 2.28. The predicted molar refractivity (Wildman–Crippen MR) is 59.6 cm³/mol. The van der Waals surface area contributed by atoms with Crippen LogP contribution in [0.25, 0.3) is 0 Å². The molecule has 1 aromatic carbocycles. The van der Waals surface area contributed by atoms with Crippen molar-refractivity contribution in [3.63, 3.8) is 0 Å². The molecule has 1 aromatic rings. The molecule has 2 atom stereocenters. The van der Waals surface area contributed by atoms with E-state index in [1.165, 1.54) is 12.1 Å². The largest absolute Gasteiger partial charge is 0.466 e. The number of alkyl halides is 3. The van der Waals surface area contributed by atoms with Gasteiger partial charge in [-0.1, -0.05) is 12.1 Å². The first-order valence-electron chi connectivity index (χ1n) is 5.55. The van der Waals surface area contributed by atoms with Gasteiger partial charge in [-0.2, -0.15) is 13.2 Å². The SMILES string of the molecule is COC(=O)[C@@H]1OC(=O)N[C@H]1c1cccc(C(F)(F)F)c1. The maximum absolute atomic E-state index is 12.6. The van der Waals surface area contributed by atoms with Crippen molar-refractivity contribution in [2.24, 2.45) is 0 Å². The Kier molecular flexibility index (Phi) is 3.56. The maximum Gasteiger partial charge on any atom is 0.416 e. The summed E-state index contributed by atoms with van der Waals surface area (Å²) in [5.41, 5.74) is -0.763.